The van der Waals surface area contributed by atoms with Crippen molar-refractivity contribution in [1.82, 2.24) is 10.2 Å². The van der Waals surface area contributed by atoms with Crippen molar-refractivity contribution in [3.05, 3.63) is 36.5 Å². The van der Waals surface area contributed by atoms with Crippen LogP contribution < -0.4 is 5.32 Å². The summed E-state index contributed by atoms with van der Waals surface area (Å²) in [5.41, 5.74) is 1.20. The number of hydrogen-bond donors (Lipinski definition) is 1. The second kappa shape index (κ2) is 10.6. The first-order valence-corrected chi connectivity index (χ1v) is 6.54. The first-order chi connectivity index (χ1) is 8.65. The van der Waals surface area contributed by atoms with Crippen LogP contribution in [-0.4, -0.2) is 31.1 Å². The summed E-state index contributed by atoms with van der Waals surface area (Å²) in [6, 6.07) is 0.0692. The van der Waals surface area contributed by atoms with Crippen molar-refractivity contribution in [3.8, 4) is 0 Å². The van der Waals surface area contributed by atoms with E-state index in [1.54, 1.807) is 7.05 Å². The van der Waals surface area contributed by atoms with Crippen LogP contribution in [0.2, 0.25) is 0 Å². The van der Waals surface area contributed by atoms with Gasteiger partial charge in [-0.05, 0) is 33.1 Å². The van der Waals surface area contributed by atoms with Crippen LogP contribution in [0, 0.1) is 0 Å². The van der Waals surface area contributed by atoms with Gasteiger partial charge in [-0.2, -0.15) is 0 Å². The first-order valence-electron chi connectivity index (χ1n) is 6.54. The molecule has 1 saturated heterocycles. The predicted molar refractivity (Wildman–Crippen MR) is 78.6 cm³/mol. The Hall–Kier alpha value is -1.51. The van der Waals surface area contributed by atoms with Crippen molar-refractivity contribution in [3.63, 3.8) is 0 Å². The van der Waals surface area contributed by atoms with Gasteiger partial charge in [0.2, 0.25) is 0 Å². The van der Waals surface area contributed by atoms with Crippen LogP contribution in [0.3, 0.4) is 0 Å². The van der Waals surface area contributed by atoms with Gasteiger partial charge in [0.1, 0.15) is 0 Å². The van der Waals surface area contributed by atoms with E-state index >= 15 is 0 Å². The molecule has 1 rings (SSSR count). The van der Waals surface area contributed by atoms with Crippen molar-refractivity contribution in [1.29, 1.82) is 0 Å². The third-order valence-electron chi connectivity index (χ3n) is 2.73. The SMILES string of the molecule is C=C/C(C)=C\C=C/C.CNC(=O)N1CCCCC1. The van der Waals surface area contributed by atoms with E-state index in [1.165, 1.54) is 12.0 Å². The summed E-state index contributed by atoms with van der Waals surface area (Å²) in [5.74, 6) is 0. The van der Waals surface area contributed by atoms with Crippen LogP contribution in [0.4, 0.5) is 4.79 Å². The topological polar surface area (TPSA) is 32.3 Å². The number of rotatable bonds is 2. The molecular weight excluding hydrogens is 224 g/mol. The third kappa shape index (κ3) is 7.71. The van der Waals surface area contributed by atoms with Crippen molar-refractivity contribution in [2.24, 2.45) is 0 Å². The van der Waals surface area contributed by atoms with Crippen molar-refractivity contribution in [2.45, 2.75) is 33.1 Å². The van der Waals surface area contributed by atoms with Gasteiger partial charge < -0.3 is 10.2 Å². The molecule has 3 nitrogen and oxygen atoms in total. The molecule has 1 fully saturated rings. The summed E-state index contributed by atoms with van der Waals surface area (Å²) in [7, 11) is 1.68. The summed E-state index contributed by atoms with van der Waals surface area (Å²) < 4.78 is 0. The van der Waals surface area contributed by atoms with E-state index in [2.05, 4.69) is 11.9 Å². The minimum Gasteiger partial charge on any atom is -0.341 e. The molecule has 1 aliphatic heterocycles. The van der Waals surface area contributed by atoms with Gasteiger partial charge in [-0.1, -0.05) is 36.5 Å². The Bertz CT molecular complexity index is 300. The normalized spacial score (nSPS) is 15.9. The molecular formula is C15H26N2O. The minimum absolute atomic E-state index is 0.0692. The first kappa shape index (κ1) is 16.5. The maximum absolute atomic E-state index is 11.0. The maximum atomic E-state index is 11.0. The maximum Gasteiger partial charge on any atom is 0.317 e. The second-order valence-electron chi connectivity index (χ2n) is 4.24. The molecule has 1 heterocycles. The summed E-state index contributed by atoms with van der Waals surface area (Å²) in [6.07, 6.45) is 11.4. The quantitative estimate of drug-likeness (QED) is 0.747. The van der Waals surface area contributed by atoms with Crippen molar-refractivity contribution >= 4 is 6.03 Å². The lowest BCUT2D eigenvalue weighted by Crippen LogP contribution is -2.41. The molecule has 1 N–H and O–H groups in total. The zero-order valence-electron chi connectivity index (χ0n) is 11.9. The Labute approximate surface area is 111 Å². The number of urea groups is 1. The van der Waals surface area contributed by atoms with E-state index in [0.29, 0.717) is 0 Å². The van der Waals surface area contributed by atoms with Crippen LogP contribution >= 0.6 is 0 Å². The molecule has 0 spiro atoms. The Morgan fingerprint density at radius 2 is 1.89 bits per heavy atom. The average Bonchev–Trinajstić information content (AvgIpc) is 2.45. The molecule has 0 aromatic heterocycles. The number of hydrogen-bond acceptors (Lipinski definition) is 1. The molecule has 0 radical (unpaired) electrons. The van der Waals surface area contributed by atoms with Gasteiger partial charge in [0, 0.05) is 20.1 Å². The number of nitrogens with one attached hydrogen (secondary N) is 1. The standard InChI is InChI=1S/C8H12.C7H14N2O/c1-4-6-7-8(3)5-2;1-8-7(10)9-5-3-2-4-6-9/h4-7H,2H2,1,3H3;2-6H2,1H3,(H,8,10)/b6-4-,8-7-;. The molecule has 0 unspecified atom stereocenters. The van der Waals surface area contributed by atoms with Gasteiger partial charge in [-0.15, -0.1) is 0 Å². The number of amides is 2. The number of nitrogens with zero attached hydrogens (tertiary/aromatic N) is 1. The Kier molecular flexibility index (Phi) is 9.74. The molecule has 1 aliphatic rings. The van der Waals surface area contributed by atoms with E-state index in [0.717, 1.165) is 25.9 Å². The highest BCUT2D eigenvalue weighted by Gasteiger charge is 2.13. The van der Waals surface area contributed by atoms with Crippen LogP contribution in [0.1, 0.15) is 33.1 Å². The predicted octanol–water partition coefficient (Wildman–Crippen LogP) is 3.51. The van der Waals surface area contributed by atoms with E-state index in [1.807, 2.05) is 43.1 Å². The largest absolute Gasteiger partial charge is 0.341 e. The van der Waals surface area contributed by atoms with E-state index < -0.39 is 0 Å². The molecule has 2 amide bonds. The fourth-order valence-corrected chi connectivity index (χ4v) is 1.57. The lowest BCUT2D eigenvalue weighted by Gasteiger charge is -2.25. The number of piperidine rings is 1. The number of likely N-dealkylation sites (tertiary alicyclic amines) is 1. The lowest BCUT2D eigenvalue weighted by atomic mass is 10.1. The lowest BCUT2D eigenvalue weighted by molar-refractivity contribution is 0.188. The third-order valence-corrected chi connectivity index (χ3v) is 2.73. The minimum atomic E-state index is 0.0692. The zero-order valence-corrected chi connectivity index (χ0v) is 11.9. The summed E-state index contributed by atoms with van der Waals surface area (Å²) in [5, 5.41) is 2.62. The van der Waals surface area contributed by atoms with Gasteiger partial charge in [-0.3, -0.25) is 0 Å². The fraction of sp³-hybridized carbons (Fsp3) is 0.533. The van der Waals surface area contributed by atoms with Gasteiger partial charge >= 0.3 is 6.03 Å². The van der Waals surface area contributed by atoms with Gasteiger partial charge in [0.05, 0.1) is 0 Å². The van der Waals surface area contributed by atoms with Crippen LogP contribution in [0.15, 0.2) is 36.5 Å². The summed E-state index contributed by atoms with van der Waals surface area (Å²) in [4.78, 5) is 12.8. The van der Waals surface area contributed by atoms with Gasteiger partial charge in [0.25, 0.3) is 0 Å². The second-order valence-corrected chi connectivity index (χ2v) is 4.24. The molecule has 0 saturated carbocycles. The Morgan fingerprint density at radius 3 is 2.33 bits per heavy atom. The molecule has 0 atom stereocenters. The molecule has 0 aromatic rings. The average molecular weight is 250 g/mol. The monoisotopic (exact) mass is 250 g/mol. The number of carbonyl (C=O) groups excluding carboxylic acids is 1. The highest BCUT2D eigenvalue weighted by atomic mass is 16.2. The van der Waals surface area contributed by atoms with Crippen molar-refractivity contribution in [2.75, 3.05) is 20.1 Å². The number of carbonyl (C=O) groups is 1. The van der Waals surface area contributed by atoms with Crippen LogP contribution in [-0.2, 0) is 0 Å². The Morgan fingerprint density at radius 1 is 1.28 bits per heavy atom. The van der Waals surface area contributed by atoms with Crippen molar-refractivity contribution < 1.29 is 4.79 Å². The zero-order chi connectivity index (χ0) is 13.8. The van der Waals surface area contributed by atoms with Crippen LogP contribution in [0.5, 0.6) is 0 Å². The number of allylic oxidation sites excluding steroid dienone is 5. The van der Waals surface area contributed by atoms with E-state index in [4.69, 9.17) is 0 Å². The van der Waals surface area contributed by atoms with E-state index in [9.17, 15) is 4.79 Å². The highest BCUT2D eigenvalue weighted by Crippen LogP contribution is 2.07. The molecule has 3 heteroatoms. The molecule has 0 aromatic carbocycles. The van der Waals surface area contributed by atoms with Gasteiger partial charge in [-0.25, -0.2) is 4.79 Å². The van der Waals surface area contributed by atoms with E-state index in [-0.39, 0.29) is 6.03 Å². The molecule has 0 aliphatic carbocycles. The Balaban J connectivity index is 0.000000331. The molecule has 102 valence electrons. The van der Waals surface area contributed by atoms with Gasteiger partial charge in [0.15, 0.2) is 0 Å². The molecule has 0 bridgehead atoms. The highest BCUT2D eigenvalue weighted by molar-refractivity contribution is 5.73. The summed E-state index contributed by atoms with van der Waals surface area (Å²) >= 11 is 0. The van der Waals surface area contributed by atoms with Crippen LogP contribution in [0.25, 0.3) is 0 Å². The summed E-state index contributed by atoms with van der Waals surface area (Å²) in [6.45, 7) is 9.49. The fourth-order valence-electron chi connectivity index (χ4n) is 1.57. The molecule has 18 heavy (non-hydrogen) atoms. The smallest absolute Gasteiger partial charge is 0.317 e.